The SMILES string of the molecule is O=C(O)c1cnc2ccccc2c1Sc1ncns1. The summed E-state index contributed by atoms with van der Waals surface area (Å²) in [7, 11) is 0. The number of rotatable bonds is 3. The Kier molecular flexibility index (Phi) is 3.14. The summed E-state index contributed by atoms with van der Waals surface area (Å²) in [4.78, 5) is 20.2. The third-order valence-electron chi connectivity index (χ3n) is 2.49. The number of carbonyl (C=O) groups is 1. The Balaban J connectivity index is 2.22. The molecule has 0 amide bonds. The molecule has 3 rings (SSSR count). The standard InChI is InChI=1S/C12H7N3O2S2/c16-11(17)8-5-13-9-4-2-1-3-7(9)10(8)18-12-14-6-15-19-12/h1-6H,(H,16,17). The molecule has 0 aliphatic rings. The molecule has 0 spiro atoms. The van der Waals surface area contributed by atoms with Crippen LogP contribution in [0.4, 0.5) is 0 Å². The lowest BCUT2D eigenvalue weighted by atomic mass is 10.1. The van der Waals surface area contributed by atoms with Gasteiger partial charge >= 0.3 is 5.97 Å². The van der Waals surface area contributed by atoms with E-state index in [0.29, 0.717) is 9.24 Å². The van der Waals surface area contributed by atoms with Gasteiger partial charge in [-0.05, 0) is 17.6 Å². The second kappa shape index (κ2) is 4.94. The Morgan fingerprint density at radius 2 is 2.11 bits per heavy atom. The van der Waals surface area contributed by atoms with Gasteiger partial charge in [-0.1, -0.05) is 30.0 Å². The summed E-state index contributed by atoms with van der Waals surface area (Å²) in [5.74, 6) is -0.995. The number of carboxylic acids is 1. The highest BCUT2D eigenvalue weighted by atomic mass is 32.2. The maximum Gasteiger partial charge on any atom is 0.338 e. The average molecular weight is 289 g/mol. The van der Waals surface area contributed by atoms with Gasteiger partial charge in [0.2, 0.25) is 0 Å². The van der Waals surface area contributed by atoms with Crippen LogP contribution >= 0.6 is 23.3 Å². The van der Waals surface area contributed by atoms with Gasteiger partial charge in [-0.2, -0.15) is 4.37 Å². The molecule has 3 aromatic rings. The number of fused-ring (bicyclic) bond motifs is 1. The van der Waals surface area contributed by atoms with Crippen molar-refractivity contribution in [3.05, 3.63) is 42.4 Å². The Morgan fingerprint density at radius 1 is 1.26 bits per heavy atom. The molecular weight excluding hydrogens is 282 g/mol. The summed E-state index contributed by atoms with van der Waals surface area (Å²) in [5.41, 5.74) is 0.943. The van der Waals surface area contributed by atoms with E-state index in [4.69, 9.17) is 0 Å². The van der Waals surface area contributed by atoms with Crippen molar-refractivity contribution in [1.29, 1.82) is 0 Å². The van der Waals surface area contributed by atoms with E-state index in [2.05, 4.69) is 14.3 Å². The van der Waals surface area contributed by atoms with Gasteiger partial charge in [-0.3, -0.25) is 4.98 Å². The zero-order chi connectivity index (χ0) is 13.2. The van der Waals surface area contributed by atoms with Crippen LogP contribution in [0.15, 0.2) is 46.0 Å². The Bertz CT molecular complexity index is 744. The molecule has 5 nitrogen and oxygen atoms in total. The Morgan fingerprint density at radius 3 is 2.84 bits per heavy atom. The molecule has 0 bridgehead atoms. The van der Waals surface area contributed by atoms with Crippen molar-refractivity contribution in [3.8, 4) is 0 Å². The van der Waals surface area contributed by atoms with E-state index in [9.17, 15) is 9.90 Å². The summed E-state index contributed by atoms with van der Waals surface area (Å²) in [6.45, 7) is 0. The first-order valence-electron chi connectivity index (χ1n) is 5.31. The van der Waals surface area contributed by atoms with E-state index in [0.717, 1.165) is 10.9 Å². The predicted molar refractivity (Wildman–Crippen MR) is 72.7 cm³/mol. The molecule has 0 radical (unpaired) electrons. The maximum absolute atomic E-state index is 11.3. The van der Waals surface area contributed by atoms with Gasteiger partial charge in [0.15, 0.2) is 4.34 Å². The van der Waals surface area contributed by atoms with Gasteiger partial charge in [0, 0.05) is 16.5 Å². The maximum atomic E-state index is 11.3. The summed E-state index contributed by atoms with van der Waals surface area (Å²) in [5, 5.41) is 10.1. The fourth-order valence-electron chi connectivity index (χ4n) is 1.67. The number of pyridine rings is 1. The Labute approximate surface area is 116 Å². The van der Waals surface area contributed by atoms with Gasteiger partial charge in [0.05, 0.1) is 11.1 Å². The van der Waals surface area contributed by atoms with Crippen LogP contribution in [0.2, 0.25) is 0 Å². The summed E-state index contributed by atoms with van der Waals surface area (Å²) in [6.07, 6.45) is 2.84. The van der Waals surface area contributed by atoms with Crippen LogP contribution in [0.25, 0.3) is 10.9 Å². The van der Waals surface area contributed by atoms with Crippen LogP contribution in [-0.4, -0.2) is 25.4 Å². The van der Waals surface area contributed by atoms with Crippen LogP contribution in [0.5, 0.6) is 0 Å². The summed E-state index contributed by atoms with van der Waals surface area (Å²) >= 11 is 2.54. The number of hydrogen-bond donors (Lipinski definition) is 1. The quantitative estimate of drug-likeness (QED) is 0.799. The van der Waals surface area contributed by atoms with E-state index in [1.807, 2.05) is 24.3 Å². The van der Waals surface area contributed by atoms with Crippen molar-refractivity contribution in [2.75, 3.05) is 0 Å². The second-order valence-electron chi connectivity index (χ2n) is 3.63. The van der Waals surface area contributed by atoms with Crippen LogP contribution in [0, 0.1) is 0 Å². The molecule has 0 saturated carbocycles. The van der Waals surface area contributed by atoms with E-state index in [1.165, 1.54) is 35.8 Å². The van der Waals surface area contributed by atoms with Gasteiger partial charge in [-0.15, -0.1) is 0 Å². The summed E-state index contributed by atoms with van der Waals surface area (Å²) < 4.78 is 4.63. The molecule has 7 heteroatoms. The lowest BCUT2D eigenvalue weighted by molar-refractivity contribution is 0.0693. The molecule has 2 heterocycles. The van der Waals surface area contributed by atoms with E-state index in [1.54, 1.807) is 0 Å². The van der Waals surface area contributed by atoms with Crippen LogP contribution < -0.4 is 0 Å². The molecule has 0 aliphatic carbocycles. The number of nitrogens with zero attached hydrogens (tertiary/aromatic N) is 3. The van der Waals surface area contributed by atoms with Crippen LogP contribution in [0.3, 0.4) is 0 Å². The first-order chi connectivity index (χ1) is 9.25. The van der Waals surface area contributed by atoms with E-state index >= 15 is 0 Å². The van der Waals surface area contributed by atoms with Gasteiger partial charge in [0.1, 0.15) is 6.33 Å². The number of hydrogen-bond acceptors (Lipinski definition) is 6. The lowest BCUT2D eigenvalue weighted by Crippen LogP contribution is -2.00. The molecule has 0 unspecified atom stereocenters. The molecule has 94 valence electrons. The normalized spacial score (nSPS) is 10.7. The zero-order valence-corrected chi connectivity index (χ0v) is 11.1. The van der Waals surface area contributed by atoms with Crippen molar-refractivity contribution in [2.45, 2.75) is 9.24 Å². The van der Waals surface area contributed by atoms with Crippen molar-refractivity contribution in [3.63, 3.8) is 0 Å². The van der Waals surface area contributed by atoms with Crippen LogP contribution in [0.1, 0.15) is 10.4 Å². The first kappa shape index (κ1) is 12.1. The van der Waals surface area contributed by atoms with Gasteiger partial charge < -0.3 is 5.11 Å². The second-order valence-corrected chi connectivity index (χ2v) is 5.67. The average Bonchev–Trinajstić information content (AvgIpc) is 2.92. The van der Waals surface area contributed by atoms with Crippen LogP contribution in [-0.2, 0) is 0 Å². The fraction of sp³-hybridized carbons (Fsp3) is 0. The molecule has 2 aromatic heterocycles. The van der Waals surface area contributed by atoms with Crippen molar-refractivity contribution in [1.82, 2.24) is 14.3 Å². The molecule has 0 fully saturated rings. The molecule has 19 heavy (non-hydrogen) atoms. The number of benzene rings is 1. The minimum absolute atomic E-state index is 0.180. The lowest BCUT2D eigenvalue weighted by Gasteiger charge is -2.07. The zero-order valence-electron chi connectivity index (χ0n) is 9.48. The number of para-hydroxylation sites is 1. The highest BCUT2D eigenvalue weighted by Crippen LogP contribution is 2.35. The minimum atomic E-state index is -0.995. The minimum Gasteiger partial charge on any atom is -0.478 e. The monoisotopic (exact) mass is 289 g/mol. The fourth-order valence-corrected chi connectivity index (χ4v) is 3.29. The predicted octanol–water partition coefficient (Wildman–Crippen LogP) is 2.94. The molecular formula is C12H7N3O2S2. The molecule has 0 atom stereocenters. The van der Waals surface area contributed by atoms with E-state index < -0.39 is 5.97 Å². The number of carboxylic acid groups (broad SMARTS) is 1. The molecule has 1 aromatic carbocycles. The largest absolute Gasteiger partial charge is 0.478 e. The van der Waals surface area contributed by atoms with Crippen molar-refractivity contribution in [2.24, 2.45) is 0 Å². The highest BCUT2D eigenvalue weighted by molar-refractivity contribution is 8.01. The highest BCUT2D eigenvalue weighted by Gasteiger charge is 2.16. The molecule has 1 N–H and O–H groups in total. The summed E-state index contributed by atoms with van der Waals surface area (Å²) in [6, 6.07) is 7.44. The molecule has 0 aliphatic heterocycles. The smallest absolute Gasteiger partial charge is 0.338 e. The van der Waals surface area contributed by atoms with Crippen molar-refractivity contribution < 1.29 is 9.90 Å². The third kappa shape index (κ3) is 2.29. The van der Waals surface area contributed by atoms with E-state index in [-0.39, 0.29) is 5.56 Å². The van der Waals surface area contributed by atoms with Crippen molar-refractivity contribution >= 4 is 40.2 Å². The van der Waals surface area contributed by atoms with Gasteiger partial charge in [0.25, 0.3) is 0 Å². The Hall–Kier alpha value is -1.99. The number of aromatic nitrogens is 3. The third-order valence-corrected chi connectivity index (χ3v) is 4.35. The molecule has 0 saturated heterocycles. The first-order valence-corrected chi connectivity index (χ1v) is 6.90. The van der Waals surface area contributed by atoms with Gasteiger partial charge in [-0.25, -0.2) is 9.78 Å². The topological polar surface area (TPSA) is 76.0 Å². The number of aromatic carboxylic acids is 1.